The minimum Gasteiger partial charge on any atom is -0.485 e. The minimum atomic E-state index is 0.599. The lowest BCUT2D eigenvalue weighted by molar-refractivity contribution is 0.165. The second-order valence-electron chi connectivity index (χ2n) is 11.4. The van der Waals surface area contributed by atoms with Gasteiger partial charge in [0, 0.05) is 63.1 Å². The maximum atomic E-state index is 6.14. The molecule has 3 aliphatic rings. The van der Waals surface area contributed by atoms with Crippen LogP contribution in [0.25, 0.3) is 0 Å². The molecule has 0 radical (unpaired) electrons. The predicted molar refractivity (Wildman–Crippen MR) is 171 cm³/mol. The fourth-order valence-corrected chi connectivity index (χ4v) is 8.64. The molecule has 3 aromatic heterocycles. The lowest BCUT2D eigenvalue weighted by atomic mass is 10.3. The Kier molecular flexibility index (Phi) is 10.2. The Morgan fingerprint density at radius 2 is 0.791 bits per heavy atom. The molecule has 0 aromatic carbocycles. The summed E-state index contributed by atoms with van der Waals surface area (Å²) in [4.78, 5) is 14.4. The quantitative estimate of drug-likeness (QED) is 0.252. The van der Waals surface area contributed by atoms with E-state index in [1.54, 1.807) is 22.7 Å². The molecule has 0 aliphatic carbocycles. The van der Waals surface area contributed by atoms with E-state index in [1.165, 1.54) is 19.5 Å². The zero-order valence-corrected chi connectivity index (χ0v) is 28.0. The van der Waals surface area contributed by atoms with Crippen molar-refractivity contribution in [3.63, 3.8) is 0 Å². The molecule has 0 N–H and O–H groups in total. The zero-order valence-electron chi connectivity index (χ0n) is 25.5. The van der Waals surface area contributed by atoms with Gasteiger partial charge in [0.05, 0.1) is 19.5 Å². The van der Waals surface area contributed by atoms with Crippen LogP contribution in [-0.2, 0) is 26.2 Å². The third kappa shape index (κ3) is 7.52. The molecule has 3 aromatic rings. The summed E-state index contributed by atoms with van der Waals surface area (Å²) < 4.78 is 35.4. The van der Waals surface area contributed by atoms with Crippen molar-refractivity contribution >= 4 is 34.0 Å². The topological polar surface area (TPSA) is 68.3 Å². The van der Waals surface area contributed by atoms with Gasteiger partial charge >= 0.3 is 0 Å². The van der Waals surface area contributed by atoms with Gasteiger partial charge in [0.25, 0.3) is 0 Å². The highest BCUT2D eigenvalue weighted by Gasteiger charge is 2.26. The van der Waals surface area contributed by atoms with Crippen molar-refractivity contribution in [2.24, 2.45) is 0 Å². The third-order valence-electron chi connectivity index (χ3n) is 7.66. The SMILES string of the molecule is CN(CCN(C)Cc1sc(CN(C)CCN(C)Cc2scc3c2OCCO3)c2c1OCCO2)Cc1scc2c1OCCO2. The summed E-state index contributed by atoms with van der Waals surface area (Å²) in [5, 5.41) is 4.11. The molecule has 6 heterocycles. The minimum absolute atomic E-state index is 0.599. The molecule has 3 aliphatic heterocycles. The molecule has 13 heteroatoms. The Morgan fingerprint density at radius 1 is 0.465 bits per heavy atom. The molecule has 0 atom stereocenters. The number of hydrogen-bond donors (Lipinski definition) is 0. The second kappa shape index (κ2) is 14.2. The second-order valence-corrected chi connectivity index (χ2v) is 14.5. The van der Waals surface area contributed by atoms with E-state index in [0.29, 0.717) is 39.6 Å². The van der Waals surface area contributed by atoms with Crippen LogP contribution in [-0.4, -0.2) is 114 Å². The van der Waals surface area contributed by atoms with E-state index in [9.17, 15) is 0 Å². The van der Waals surface area contributed by atoms with Crippen LogP contribution in [0, 0.1) is 0 Å². The van der Waals surface area contributed by atoms with Gasteiger partial charge in [-0.1, -0.05) is 0 Å². The highest BCUT2D eigenvalue weighted by atomic mass is 32.1. The van der Waals surface area contributed by atoms with E-state index in [4.69, 9.17) is 28.4 Å². The Balaban J connectivity index is 0.989. The van der Waals surface area contributed by atoms with Crippen LogP contribution in [0.4, 0.5) is 0 Å². The van der Waals surface area contributed by atoms with E-state index in [2.05, 4.69) is 58.6 Å². The molecule has 0 spiro atoms. The fourth-order valence-electron chi connectivity index (χ4n) is 5.31. The van der Waals surface area contributed by atoms with Gasteiger partial charge in [-0.15, -0.1) is 34.0 Å². The van der Waals surface area contributed by atoms with Crippen LogP contribution >= 0.6 is 34.0 Å². The van der Waals surface area contributed by atoms with Crippen molar-refractivity contribution in [3.8, 4) is 34.5 Å². The van der Waals surface area contributed by atoms with Gasteiger partial charge in [0.1, 0.15) is 39.6 Å². The largest absolute Gasteiger partial charge is 0.485 e. The lowest BCUT2D eigenvalue weighted by Crippen LogP contribution is -2.30. The van der Waals surface area contributed by atoms with Crippen molar-refractivity contribution < 1.29 is 28.4 Å². The third-order valence-corrected chi connectivity index (χ3v) is 10.6. The highest BCUT2D eigenvalue weighted by molar-refractivity contribution is 7.12. The number of rotatable bonds is 14. The summed E-state index contributed by atoms with van der Waals surface area (Å²) in [5.74, 6) is 5.49. The van der Waals surface area contributed by atoms with Crippen LogP contribution in [0.15, 0.2) is 10.8 Å². The molecular formula is C30H42N4O6S3. The smallest absolute Gasteiger partial charge is 0.176 e. The molecule has 43 heavy (non-hydrogen) atoms. The molecule has 10 nitrogen and oxygen atoms in total. The van der Waals surface area contributed by atoms with Crippen molar-refractivity contribution in [1.29, 1.82) is 0 Å². The number of thiophene rings is 3. The molecule has 0 saturated heterocycles. The molecule has 0 amide bonds. The molecule has 0 saturated carbocycles. The number of fused-ring (bicyclic) bond motifs is 3. The van der Waals surface area contributed by atoms with Crippen LogP contribution in [0.2, 0.25) is 0 Å². The molecule has 0 unspecified atom stereocenters. The van der Waals surface area contributed by atoms with Crippen molar-refractivity contribution in [1.82, 2.24) is 19.6 Å². The Bertz CT molecular complexity index is 1260. The number of nitrogens with zero attached hydrogens (tertiary/aromatic N) is 4. The maximum Gasteiger partial charge on any atom is 0.176 e. The zero-order chi connectivity index (χ0) is 29.8. The first-order valence-electron chi connectivity index (χ1n) is 14.8. The van der Waals surface area contributed by atoms with Gasteiger partial charge in [0.2, 0.25) is 0 Å². The summed E-state index contributed by atoms with van der Waals surface area (Å²) in [6.07, 6.45) is 0. The van der Waals surface area contributed by atoms with Crippen LogP contribution in [0.5, 0.6) is 34.5 Å². The first-order valence-corrected chi connectivity index (χ1v) is 17.4. The van der Waals surface area contributed by atoms with E-state index < -0.39 is 0 Å². The van der Waals surface area contributed by atoms with E-state index in [-0.39, 0.29) is 0 Å². The first-order chi connectivity index (χ1) is 20.9. The normalized spacial score (nSPS) is 15.7. The Morgan fingerprint density at radius 3 is 1.19 bits per heavy atom. The van der Waals surface area contributed by atoms with Crippen molar-refractivity contribution in [2.45, 2.75) is 26.2 Å². The van der Waals surface area contributed by atoms with Crippen molar-refractivity contribution in [3.05, 3.63) is 30.3 Å². The van der Waals surface area contributed by atoms with Crippen LogP contribution in [0.3, 0.4) is 0 Å². The van der Waals surface area contributed by atoms with Crippen molar-refractivity contribution in [2.75, 3.05) is 94.0 Å². The Labute approximate surface area is 266 Å². The average Bonchev–Trinajstić information content (AvgIpc) is 3.71. The van der Waals surface area contributed by atoms with Gasteiger partial charge in [-0.3, -0.25) is 19.6 Å². The molecular weight excluding hydrogens is 609 g/mol. The number of hydrogen-bond acceptors (Lipinski definition) is 13. The number of likely N-dealkylation sites (N-methyl/N-ethyl adjacent to an activating group) is 4. The fraction of sp³-hybridized carbons (Fsp3) is 0.600. The number of ether oxygens (including phenoxy) is 6. The van der Waals surface area contributed by atoms with Gasteiger partial charge in [0.15, 0.2) is 34.5 Å². The highest BCUT2D eigenvalue weighted by Crippen LogP contribution is 2.45. The first kappa shape index (κ1) is 30.8. The predicted octanol–water partition coefficient (Wildman–Crippen LogP) is 4.31. The summed E-state index contributed by atoms with van der Waals surface area (Å²) in [6.45, 7) is 10.9. The van der Waals surface area contributed by atoms with Crippen LogP contribution in [0.1, 0.15) is 19.5 Å². The molecule has 6 rings (SSSR count). The van der Waals surface area contributed by atoms with Gasteiger partial charge in [-0.2, -0.15) is 0 Å². The molecule has 0 bridgehead atoms. The monoisotopic (exact) mass is 650 g/mol. The van der Waals surface area contributed by atoms with E-state index in [1.807, 2.05) is 11.3 Å². The summed E-state index contributed by atoms with van der Waals surface area (Å²) in [5.41, 5.74) is 0. The summed E-state index contributed by atoms with van der Waals surface area (Å²) in [7, 11) is 8.68. The molecule has 0 fully saturated rings. The maximum absolute atomic E-state index is 6.14. The van der Waals surface area contributed by atoms with Gasteiger partial charge in [-0.05, 0) is 28.2 Å². The standard InChI is InChI=1S/C30H42N4O6S3/c1-31(15-23-27-21(19-41-23)35-9-11-37-27)5-7-33(3)17-25-29-30(40-14-13-39-29)26(43-25)18-34(4)8-6-32(2)16-24-28-22(20-42-24)36-10-12-38-28/h19-20H,5-18H2,1-4H3. The van der Waals surface area contributed by atoms with Crippen LogP contribution < -0.4 is 28.4 Å². The van der Waals surface area contributed by atoms with Gasteiger partial charge < -0.3 is 28.4 Å². The average molecular weight is 651 g/mol. The molecule has 236 valence electrons. The lowest BCUT2D eigenvalue weighted by Gasteiger charge is -2.23. The van der Waals surface area contributed by atoms with E-state index >= 15 is 0 Å². The summed E-state index contributed by atoms with van der Waals surface area (Å²) >= 11 is 5.25. The van der Waals surface area contributed by atoms with Gasteiger partial charge in [-0.25, -0.2) is 0 Å². The summed E-state index contributed by atoms with van der Waals surface area (Å²) in [6, 6.07) is 0. The Hall–Kier alpha value is -2.26. The van der Waals surface area contributed by atoms with E-state index in [0.717, 1.165) is 86.9 Å².